The number of carbonyl (C=O) groups is 2. The fourth-order valence-corrected chi connectivity index (χ4v) is 2.73. The molecule has 0 saturated heterocycles. The predicted molar refractivity (Wildman–Crippen MR) is 85.4 cm³/mol. The van der Waals surface area contributed by atoms with Crippen molar-refractivity contribution >= 4 is 27.6 Å². The average Bonchev–Trinajstić information content (AvgIpc) is 2.53. The van der Waals surface area contributed by atoms with E-state index < -0.39 is 22.5 Å². The second-order valence-corrected chi connectivity index (χ2v) is 6.64. The minimum atomic E-state index is -3.87. The van der Waals surface area contributed by atoms with E-state index in [1.807, 2.05) is 0 Å². The van der Waals surface area contributed by atoms with Crippen molar-refractivity contribution in [3.63, 3.8) is 0 Å². The van der Waals surface area contributed by atoms with Crippen LogP contribution in [0.1, 0.15) is 6.92 Å². The lowest BCUT2D eigenvalue weighted by molar-refractivity contribution is -0.139. The number of hydrogen-bond acceptors (Lipinski definition) is 6. The maximum Gasteiger partial charge on any atom is 0.320 e. The first-order valence-electron chi connectivity index (χ1n) is 6.92. The first kappa shape index (κ1) is 19.1. The number of carbonyl (C=O) groups excluding carboxylic acids is 2. The minimum absolute atomic E-state index is 0.0551. The summed E-state index contributed by atoms with van der Waals surface area (Å²) in [5.74, 6) is -1.19. The van der Waals surface area contributed by atoms with Gasteiger partial charge in [-0.15, -0.1) is 0 Å². The molecule has 0 saturated carbocycles. The fraction of sp³-hybridized carbons (Fsp3) is 0.429. The summed E-state index contributed by atoms with van der Waals surface area (Å²) in [5, 5.41) is 5.54. The molecular weight excluding hydrogens is 322 g/mol. The molecule has 0 bridgehead atoms. The van der Waals surface area contributed by atoms with E-state index in [0.29, 0.717) is 12.2 Å². The van der Waals surface area contributed by atoms with Gasteiger partial charge in [-0.1, -0.05) is 13.0 Å². The van der Waals surface area contributed by atoms with E-state index >= 15 is 0 Å². The second-order valence-electron chi connectivity index (χ2n) is 4.88. The summed E-state index contributed by atoms with van der Waals surface area (Å²) in [7, 11) is -0.963. The zero-order chi connectivity index (χ0) is 17.5. The highest BCUT2D eigenvalue weighted by Gasteiger charge is 2.17. The Morgan fingerprint density at radius 2 is 2.00 bits per heavy atom. The van der Waals surface area contributed by atoms with Gasteiger partial charge in [0.05, 0.1) is 12.0 Å². The van der Waals surface area contributed by atoms with Gasteiger partial charge in [0, 0.05) is 18.2 Å². The van der Waals surface area contributed by atoms with E-state index in [2.05, 4.69) is 20.1 Å². The summed E-state index contributed by atoms with van der Waals surface area (Å²) in [6.45, 7) is 1.80. The summed E-state index contributed by atoms with van der Waals surface area (Å²) >= 11 is 0. The van der Waals surface area contributed by atoms with Crippen molar-refractivity contribution in [1.29, 1.82) is 0 Å². The monoisotopic (exact) mass is 343 g/mol. The van der Waals surface area contributed by atoms with Crippen LogP contribution >= 0.6 is 0 Å². The Morgan fingerprint density at radius 1 is 1.30 bits per heavy atom. The summed E-state index contributed by atoms with van der Waals surface area (Å²) in [6.07, 6.45) is 0. The SMILES string of the molecule is CNCC(C)C(=O)Nc1cccc(S(=O)(=O)NCC(=O)OC)c1. The third-order valence-corrected chi connectivity index (χ3v) is 4.40. The van der Waals surface area contributed by atoms with Crippen LogP contribution in [0.4, 0.5) is 5.69 Å². The zero-order valence-electron chi connectivity index (χ0n) is 13.3. The van der Waals surface area contributed by atoms with Crippen molar-refractivity contribution in [2.24, 2.45) is 5.92 Å². The Balaban J connectivity index is 2.83. The molecule has 0 aromatic heterocycles. The van der Waals surface area contributed by atoms with Gasteiger partial charge in [-0.25, -0.2) is 8.42 Å². The van der Waals surface area contributed by atoms with Crippen molar-refractivity contribution in [3.8, 4) is 0 Å². The van der Waals surface area contributed by atoms with Gasteiger partial charge in [0.25, 0.3) is 0 Å². The lowest BCUT2D eigenvalue weighted by atomic mass is 10.1. The van der Waals surface area contributed by atoms with Crippen LogP contribution in [0.5, 0.6) is 0 Å². The molecule has 8 nitrogen and oxygen atoms in total. The maximum absolute atomic E-state index is 12.1. The molecule has 1 amide bonds. The normalized spacial score (nSPS) is 12.5. The Morgan fingerprint density at radius 3 is 2.61 bits per heavy atom. The Labute approximate surface area is 135 Å². The zero-order valence-corrected chi connectivity index (χ0v) is 14.1. The molecule has 0 radical (unpaired) electrons. The molecule has 0 heterocycles. The first-order valence-corrected chi connectivity index (χ1v) is 8.40. The average molecular weight is 343 g/mol. The van der Waals surface area contributed by atoms with Crippen LogP contribution in [0, 0.1) is 5.92 Å². The second kappa shape index (κ2) is 8.61. The van der Waals surface area contributed by atoms with Crippen LogP contribution in [0.15, 0.2) is 29.2 Å². The summed E-state index contributed by atoms with van der Waals surface area (Å²) < 4.78 is 30.7. The van der Waals surface area contributed by atoms with Crippen LogP contribution in [-0.2, 0) is 24.3 Å². The van der Waals surface area contributed by atoms with Gasteiger partial charge >= 0.3 is 5.97 Å². The fourth-order valence-electron chi connectivity index (χ4n) is 1.71. The number of benzene rings is 1. The number of anilines is 1. The summed E-state index contributed by atoms with van der Waals surface area (Å²) in [5.41, 5.74) is 0.360. The predicted octanol–water partition coefficient (Wildman–Crippen LogP) is -0.0681. The lowest BCUT2D eigenvalue weighted by Gasteiger charge is -2.12. The van der Waals surface area contributed by atoms with Crippen molar-refractivity contribution < 1.29 is 22.7 Å². The van der Waals surface area contributed by atoms with E-state index in [-0.39, 0.29) is 16.7 Å². The van der Waals surface area contributed by atoms with Crippen LogP contribution in [0.2, 0.25) is 0 Å². The molecule has 3 N–H and O–H groups in total. The number of hydrogen-bond donors (Lipinski definition) is 3. The number of sulfonamides is 1. The number of methoxy groups -OCH3 is 1. The van der Waals surface area contributed by atoms with Crippen LogP contribution in [0.25, 0.3) is 0 Å². The molecule has 128 valence electrons. The molecule has 1 atom stereocenters. The van der Waals surface area contributed by atoms with E-state index in [0.717, 1.165) is 0 Å². The molecule has 23 heavy (non-hydrogen) atoms. The molecule has 1 aromatic carbocycles. The van der Waals surface area contributed by atoms with Gasteiger partial charge < -0.3 is 15.4 Å². The highest BCUT2D eigenvalue weighted by Crippen LogP contribution is 2.16. The lowest BCUT2D eigenvalue weighted by Crippen LogP contribution is -2.30. The number of ether oxygens (including phenoxy) is 1. The third kappa shape index (κ3) is 5.97. The largest absolute Gasteiger partial charge is 0.468 e. The standard InChI is InChI=1S/C14H21N3O5S/c1-10(8-15-2)14(19)17-11-5-4-6-12(7-11)23(20,21)16-9-13(18)22-3/h4-7,10,15-16H,8-9H2,1-3H3,(H,17,19). The van der Waals surface area contributed by atoms with E-state index in [1.54, 1.807) is 20.0 Å². The molecule has 0 fully saturated rings. The van der Waals surface area contributed by atoms with Gasteiger partial charge in [0.15, 0.2) is 0 Å². The Kier molecular flexibility index (Phi) is 7.14. The highest BCUT2D eigenvalue weighted by atomic mass is 32.2. The van der Waals surface area contributed by atoms with Crippen molar-refractivity contribution in [3.05, 3.63) is 24.3 Å². The van der Waals surface area contributed by atoms with Gasteiger partial charge in [-0.2, -0.15) is 4.72 Å². The molecule has 9 heteroatoms. The van der Waals surface area contributed by atoms with Crippen molar-refractivity contribution in [2.75, 3.05) is 32.6 Å². The number of rotatable bonds is 8. The highest BCUT2D eigenvalue weighted by molar-refractivity contribution is 7.89. The Bertz CT molecular complexity index is 660. The van der Waals surface area contributed by atoms with Crippen LogP contribution in [-0.4, -0.2) is 47.5 Å². The van der Waals surface area contributed by atoms with Crippen LogP contribution < -0.4 is 15.4 Å². The molecule has 0 aliphatic carbocycles. The number of esters is 1. The molecule has 0 aliphatic rings. The quantitative estimate of drug-likeness (QED) is 0.570. The van der Waals surface area contributed by atoms with E-state index in [1.165, 1.54) is 25.3 Å². The number of amides is 1. The molecule has 0 spiro atoms. The van der Waals surface area contributed by atoms with E-state index in [4.69, 9.17) is 0 Å². The molecular formula is C14H21N3O5S. The van der Waals surface area contributed by atoms with Gasteiger partial charge in [0.2, 0.25) is 15.9 Å². The molecule has 1 rings (SSSR count). The summed E-state index contributed by atoms with van der Waals surface area (Å²) in [6, 6.07) is 5.78. The van der Waals surface area contributed by atoms with Gasteiger partial charge in [-0.05, 0) is 25.2 Å². The first-order chi connectivity index (χ1) is 10.8. The Hall–Kier alpha value is -1.97. The topological polar surface area (TPSA) is 114 Å². The van der Waals surface area contributed by atoms with Crippen molar-refractivity contribution in [1.82, 2.24) is 10.0 Å². The maximum atomic E-state index is 12.1. The summed E-state index contributed by atoms with van der Waals surface area (Å²) in [4.78, 5) is 22.9. The van der Waals surface area contributed by atoms with Gasteiger partial charge in [-0.3, -0.25) is 9.59 Å². The van der Waals surface area contributed by atoms with Crippen molar-refractivity contribution in [2.45, 2.75) is 11.8 Å². The number of nitrogens with one attached hydrogen (secondary N) is 3. The third-order valence-electron chi connectivity index (χ3n) is 3.00. The van der Waals surface area contributed by atoms with Gasteiger partial charge in [0.1, 0.15) is 6.54 Å². The molecule has 1 aromatic rings. The van der Waals surface area contributed by atoms with Crippen LogP contribution in [0.3, 0.4) is 0 Å². The molecule has 0 aliphatic heterocycles. The minimum Gasteiger partial charge on any atom is -0.468 e. The molecule has 1 unspecified atom stereocenters. The van der Waals surface area contributed by atoms with E-state index in [9.17, 15) is 18.0 Å². The smallest absolute Gasteiger partial charge is 0.320 e.